The van der Waals surface area contributed by atoms with Crippen LogP contribution >= 0.6 is 0 Å². The van der Waals surface area contributed by atoms with E-state index in [4.69, 9.17) is 4.74 Å². The topological polar surface area (TPSA) is 110 Å². The predicted molar refractivity (Wildman–Crippen MR) is 90.1 cm³/mol. The minimum Gasteiger partial charge on any atom is -0.466 e. The third-order valence-corrected chi connectivity index (χ3v) is 6.34. The largest absolute Gasteiger partial charge is 0.466 e. The van der Waals surface area contributed by atoms with Crippen molar-refractivity contribution in [2.45, 2.75) is 18.2 Å². The minimum absolute atomic E-state index is 0.0527. The monoisotopic (exact) mass is 374 g/mol. The van der Waals surface area contributed by atoms with Gasteiger partial charge in [-0.05, 0) is 25.1 Å². The smallest absolute Gasteiger partial charge is 0.311 e. The lowest BCUT2D eigenvalue weighted by atomic mass is 10.2. The van der Waals surface area contributed by atoms with Crippen LogP contribution in [-0.2, 0) is 29.4 Å². The Labute approximate surface area is 141 Å². The lowest BCUT2D eigenvalue weighted by Crippen LogP contribution is -2.26. The SMILES string of the molecule is CCOC(=O)CC1=Nc2ccc(N(C)S(C)(=O)=O)cc2S(=O)(=O)C1. The lowest BCUT2D eigenvalue weighted by Gasteiger charge is -2.20. The Morgan fingerprint density at radius 2 is 2.04 bits per heavy atom. The highest BCUT2D eigenvalue weighted by atomic mass is 32.2. The van der Waals surface area contributed by atoms with Gasteiger partial charge in [-0.15, -0.1) is 0 Å². The standard InChI is InChI=1S/C14H18N2O6S2/c1-4-22-14(17)7-10-9-24(20,21)13-8-11(5-6-12(13)15-10)16(2)23(3,18)19/h5-6,8H,4,7,9H2,1-3H3. The van der Waals surface area contributed by atoms with Crippen LogP contribution < -0.4 is 4.31 Å². The Bertz CT molecular complexity index is 903. The molecule has 0 bridgehead atoms. The zero-order chi connectivity index (χ0) is 18.1. The van der Waals surface area contributed by atoms with Crippen LogP contribution in [-0.4, -0.2) is 54.2 Å². The van der Waals surface area contributed by atoms with Crippen molar-refractivity contribution >= 4 is 42.9 Å². The zero-order valence-electron chi connectivity index (χ0n) is 13.5. The molecule has 1 aliphatic rings. The van der Waals surface area contributed by atoms with Gasteiger partial charge in [-0.2, -0.15) is 0 Å². The average Bonchev–Trinajstić information content (AvgIpc) is 2.44. The molecule has 132 valence electrons. The molecule has 8 nitrogen and oxygen atoms in total. The quantitative estimate of drug-likeness (QED) is 0.708. The highest BCUT2D eigenvalue weighted by Gasteiger charge is 2.29. The third-order valence-electron chi connectivity index (χ3n) is 3.43. The van der Waals surface area contributed by atoms with Crippen LogP contribution in [0, 0.1) is 0 Å². The first-order chi connectivity index (χ1) is 11.0. The lowest BCUT2D eigenvalue weighted by molar-refractivity contribution is -0.141. The maximum atomic E-state index is 12.4. The van der Waals surface area contributed by atoms with E-state index < -0.39 is 31.6 Å². The fraction of sp³-hybridized carbons (Fsp3) is 0.429. The molecule has 24 heavy (non-hydrogen) atoms. The second-order valence-corrected chi connectivity index (χ2v) is 9.27. The first kappa shape index (κ1) is 18.4. The van der Waals surface area contributed by atoms with Gasteiger partial charge in [0.05, 0.1) is 41.3 Å². The predicted octanol–water partition coefficient (Wildman–Crippen LogP) is 0.895. The van der Waals surface area contributed by atoms with E-state index >= 15 is 0 Å². The van der Waals surface area contributed by atoms with Crippen LogP contribution in [0.5, 0.6) is 0 Å². The number of anilines is 1. The summed E-state index contributed by atoms with van der Waals surface area (Å²) >= 11 is 0. The first-order valence-corrected chi connectivity index (χ1v) is 10.6. The van der Waals surface area contributed by atoms with E-state index in [-0.39, 0.29) is 35.0 Å². The van der Waals surface area contributed by atoms with E-state index in [1.54, 1.807) is 6.92 Å². The van der Waals surface area contributed by atoms with Gasteiger partial charge >= 0.3 is 5.97 Å². The third kappa shape index (κ3) is 3.93. The number of sulfone groups is 1. The summed E-state index contributed by atoms with van der Waals surface area (Å²) in [5.41, 5.74) is 0.611. The number of hydrogen-bond acceptors (Lipinski definition) is 7. The van der Waals surface area contributed by atoms with Crippen LogP contribution in [0.3, 0.4) is 0 Å². The maximum Gasteiger partial charge on any atom is 0.311 e. The van der Waals surface area contributed by atoms with E-state index in [0.717, 1.165) is 10.6 Å². The van der Waals surface area contributed by atoms with E-state index in [1.807, 2.05) is 0 Å². The van der Waals surface area contributed by atoms with Gasteiger partial charge in [-0.3, -0.25) is 14.1 Å². The number of fused-ring (bicyclic) bond motifs is 1. The van der Waals surface area contributed by atoms with Gasteiger partial charge in [0.25, 0.3) is 0 Å². The van der Waals surface area contributed by atoms with Gasteiger partial charge in [0, 0.05) is 12.8 Å². The summed E-state index contributed by atoms with van der Waals surface area (Å²) < 4.78 is 53.9. The molecule has 0 amide bonds. The summed E-state index contributed by atoms with van der Waals surface area (Å²) in [5.74, 6) is -0.937. The molecule has 1 aliphatic heterocycles. The zero-order valence-corrected chi connectivity index (χ0v) is 15.1. The van der Waals surface area contributed by atoms with Crippen LogP contribution in [0.25, 0.3) is 0 Å². The molecule has 0 atom stereocenters. The van der Waals surface area contributed by atoms with Gasteiger partial charge < -0.3 is 4.74 Å². The normalized spacial score (nSPS) is 16.0. The maximum absolute atomic E-state index is 12.4. The molecule has 10 heteroatoms. The number of carbonyl (C=O) groups excluding carboxylic acids is 1. The van der Waals surface area contributed by atoms with Crippen molar-refractivity contribution in [1.29, 1.82) is 0 Å². The summed E-state index contributed by atoms with van der Waals surface area (Å²) in [5, 5.41) is 0. The van der Waals surface area contributed by atoms with Crippen LogP contribution in [0.2, 0.25) is 0 Å². The summed E-state index contributed by atoms with van der Waals surface area (Å²) in [6.07, 6.45) is 0.827. The molecule has 0 unspecified atom stereocenters. The van der Waals surface area contributed by atoms with Gasteiger partial charge in [0.15, 0.2) is 9.84 Å². The molecule has 1 aromatic carbocycles. The van der Waals surface area contributed by atoms with Crippen LogP contribution in [0.1, 0.15) is 13.3 Å². The second kappa shape index (κ2) is 6.52. The fourth-order valence-electron chi connectivity index (χ4n) is 2.20. The number of carbonyl (C=O) groups is 1. The van der Waals surface area contributed by atoms with Crippen molar-refractivity contribution in [3.8, 4) is 0 Å². The molecule has 0 aromatic heterocycles. The molecular weight excluding hydrogens is 356 g/mol. The molecule has 0 radical (unpaired) electrons. The Balaban J connectivity index is 2.43. The summed E-state index contributed by atoms with van der Waals surface area (Å²) in [6, 6.07) is 4.16. The fourth-order valence-corrected chi connectivity index (χ4v) is 4.19. The number of aliphatic imine (C=N–C) groups is 1. The van der Waals surface area contributed by atoms with Crippen molar-refractivity contribution in [2.24, 2.45) is 4.99 Å². The van der Waals surface area contributed by atoms with Crippen molar-refractivity contribution in [3.05, 3.63) is 18.2 Å². The summed E-state index contributed by atoms with van der Waals surface area (Å²) in [6.45, 7) is 1.86. The number of sulfonamides is 1. The number of ether oxygens (including phenoxy) is 1. The number of nitrogens with zero attached hydrogens (tertiary/aromatic N) is 2. The number of esters is 1. The average molecular weight is 374 g/mol. The molecule has 2 rings (SSSR count). The Hall–Kier alpha value is -1.94. The van der Waals surface area contributed by atoms with E-state index in [9.17, 15) is 21.6 Å². The number of hydrogen-bond donors (Lipinski definition) is 0. The second-order valence-electron chi connectivity index (χ2n) is 5.30. The van der Waals surface area contributed by atoms with Crippen molar-refractivity contribution in [2.75, 3.05) is 30.0 Å². The molecule has 1 heterocycles. The number of benzene rings is 1. The van der Waals surface area contributed by atoms with Gasteiger partial charge in [-0.1, -0.05) is 0 Å². The van der Waals surface area contributed by atoms with E-state index in [0.29, 0.717) is 0 Å². The first-order valence-electron chi connectivity index (χ1n) is 7.07. The molecule has 0 N–H and O–H groups in total. The Morgan fingerprint density at radius 3 is 2.62 bits per heavy atom. The Kier molecular flexibility index (Phi) is 5.00. The molecule has 0 saturated carbocycles. The van der Waals surface area contributed by atoms with Gasteiger partial charge in [0.1, 0.15) is 0 Å². The van der Waals surface area contributed by atoms with Gasteiger partial charge in [0.2, 0.25) is 10.0 Å². The van der Waals surface area contributed by atoms with Gasteiger partial charge in [-0.25, -0.2) is 16.8 Å². The van der Waals surface area contributed by atoms with E-state index in [2.05, 4.69) is 4.99 Å². The van der Waals surface area contributed by atoms with Crippen molar-refractivity contribution in [3.63, 3.8) is 0 Å². The summed E-state index contributed by atoms with van der Waals surface area (Å²) in [4.78, 5) is 15.7. The minimum atomic E-state index is -3.71. The Morgan fingerprint density at radius 1 is 1.38 bits per heavy atom. The highest BCUT2D eigenvalue weighted by Crippen LogP contribution is 2.34. The van der Waals surface area contributed by atoms with Crippen LogP contribution in [0.15, 0.2) is 28.1 Å². The highest BCUT2D eigenvalue weighted by molar-refractivity contribution is 7.92. The van der Waals surface area contributed by atoms with Crippen LogP contribution in [0.4, 0.5) is 11.4 Å². The molecule has 0 aliphatic carbocycles. The molecule has 1 aromatic rings. The molecule has 0 spiro atoms. The van der Waals surface area contributed by atoms with E-state index in [1.165, 1.54) is 25.2 Å². The number of rotatable bonds is 5. The van der Waals surface area contributed by atoms with Crippen molar-refractivity contribution < 1.29 is 26.4 Å². The molecule has 0 saturated heterocycles. The molecular formula is C14H18N2O6S2. The summed E-state index contributed by atoms with van der Waals surface area (Å²) in [7, 11) is -5.89. The van der Waals surface area contributed by atoms with Crippen molar-refractivity contribution in [1.82, 2.24) is 0 Å². The molecule has 0 fully saturated rings.